The van der Waals surface area contributed by atoms with Crippen molar-refractivity contribution in [2.24, 2.45) is 0 Å². The van der Waals surface area contributed by atoms with E-state index in [2.05, 4.69) is 45.7 Å². The molecular formula is C22H23N5S. The number of aromatic nitrogens is 5. The van der Waals surface area contributed by atoms with E-state index in [1.807, 2.05) is 48.4 Å². The number of allylic oxidation sites excluding steroid dienone is 1. The van der Waals surface area contributed by atoms with Crippen molar-refractivity contribution in [3.8, 4) is 22.5 Å². The van der Waals surface area contributed by atoms with Crippen LogP contribution in [0.5, 0.6) is 0 Å². The molecule has 0 fully saturated rings. The Kier molecular flexibility index (Phi) is 5.21. The Labute approximate surface area is 169 Å². The molecule has 1 aromatic carbocycles. The van der Waals surface area contributed by atoms with Crippen LogP contribution in [0.2, 0.25) is 0 Å². The lowest BCUT2D eigenvalue weighted by molar-refractivity contribution is 0.678. The molecule has 0 unspecified atom stereocenters. The van der Waals surface area contributed by atoms with E-state index in [-0.39, 0.29) is 0 Å². The van der Waals surface area contributed by atoms with E-state index in [9.17, 15) is 0 Å². The van der Waals surface area contributed by atoms with Crippen molar-refractivity contribution in [2.75, 3.05) is 0 Å². The van der Waals surface area contributed by atoms with Crippen molar-refractivity contribution in [3.63, 3.8) is 0 Å². The summed E-state index contributed by atoms with van der Waals surface area (Å²) in [5, 5.41) is 7.80. The molecule has 0 radical (unpaired) electrons. The first-order chi connectivity index (χ1) is 13.7. The van der Waals surface area contributed by atoms with Crippen molar-refractivity contribution in [1.82, 2.24) is 24.3 Å². The minimum Gasteiger partial charge on any atom is -0.330 e. The molecule has 0 spiro atoms. The van der Waals surface area contributed by atoms with Crippen molar-refractivity contribution < 1.29 is 0 Å². The number of imidazole rings is 1. The summed E-state index contributed by atoms with van der Waals surface area (Å²) >= 11 is 1.72. The molecule has 4 rings (SSSR count). The molecule has 0 N–H and O–H groups in total. The first-order valence-corrected chi connectivity index (χ1v) is 10.2. The highest BCUT2D eigenvalue weighted by Gasteiger charge is 2.19. The van der Waals surface area contributed by atoms with Crippen LogP contribution in [0.25, 0.3) is 22.5 Å². The lowest BCUT2D eigenvalue weighted by Gasteiger charge is -2.10. The van der Waals surface area contributed by atoms with Gasteiger partial charge in [0.2, 0.25) is 0 Å². The molecule has 0 aliphatic heterocycles. The second-order valence-corrected chi connectivity index (χ2v) is 7.69. The van der Waals surface area contributed by atoms with Crippen molar-refractivity contribution in [1.29, 1.82) is 0 Å². The number of aryl methyl sites for hydroxylation is 3. The van der Waals surface area contributed by atoms with Crippen LogP contribution in [-0.4, -0.2) is 24.3 Å². The van der Waals surface area contributed by atoms with Gasteiger partial charge in [-0.15, -0.1) is 17.9 Å². The van der Waals surface area contributed by atoms with Crippen LogP contribution in [-0.2, 0) is 19.5 Å². The van der Waals surface area contributed by atoms with Crippen LogP contribution in [0.15, 0.2) is 60.9 Å². The molecule has 0 saturated heterocycles. The summed E-state index contributed by atoms with van der Waals surface area (Å²) in [5.74, 6) is 0. The van der Waals surface area contributed by atoms with Crippen molar-refractivity contribution in [3.05, 3.63) is 77.3 Å². The quantitative estimate of drug-likeness (QED) is 0.422. The lowest BCUT2D eigenvalue weighted by atomic mass is 10.1. The normalized spacial score (nSPS) is 11.1. The first-order valence-electron chi connectivity index (χ1n) is 9.32. The number of hydrogen-bond donors (Lipinski definition) is 0. The third-order valence-electron chi connectivity index (χ3n) is 4.78. The smallest absolute Gasteiger partial charge is 0.0964 e. The molecule has 5 nitrogen and oxygen atoms in total. The summed E-state index contributed by atoms with van der Waals surface area (Å²) in [6, 6.07) is 10.3. The van der Waals surface area contributed by atoms with E-state index in [0.717, 1.165) is 51.9 Å². The summed E-state index contributed by atoms with van der Waals surface area (Å²) in [6.07, 6.45) is 6.62. The summed E-state index contributed by atoms with van der Waals surface area (Å²) in [6.45, 7) is 9.49. The van der Waals surface area contributed by atoms with Gasteiger partial charge in [-0.2, -0.15) is 5.10 Å². The Balaban J connectivity index is 1.76. The maximum absolute atomic E-state index is 4.77. The molecule has 0 atom stereocenters. The molecule has 4 aromatic rings. The molecule has 0 aliphatic rings. The lowest BCUT2D eigenvalue weighted by Crippen LogP contribution is -2.04. The molecule has 28 heavy (non-hydrogen) atoms. The maximum atomic E-state index is 4.77. The topological polar surface area (TPSA) is 48.5 Å². The Morgan fingerprint density at radius 2 is 2.00 bits per heavy atom. The summed E-state index contributed by atoms with van der Waals surface area (Å²) in [4.78, 5) is 9.36. The van der Waals surface area contributed by atoms with E-state index >= 15 is 0 Å². The monoisotopic (exact) mass is 389 g/mol. The molecule has 0 bridgehead atoms. The van der Waals surface area contributed by atoms with Gasteiger partial charge >= 0.3 is 0 Å². The van der Waals surface area contributed by atoms with Crippen molar-refractivity contribution >= 4 is 11.3 Å². The van der Waals surface area contributed by atoms with Crippen LogP contribution >= 0.6 is 11.3 Å². The second-order valence-electron chi connectivity index (χ2n) is 6.75. The second kappa shape index (κ2) is 7.94. The summed E-state index contributed by atoms with van der Waals surface area (Å²) in [5.41, 5.74) is 6.50. The fourth-order valence-electron chi connectivity index (χ4n) is 3.36. The summed E-state index contributed by atoms with van der Waals surface area (Å²) in [7, 11) is 0. The molecule has 142 valence electrons. The fourth-order valence-corrected chi connectivity index (χ4v) is 4.13. The average molecular weight is 390 g/mol. The molecule has 0 amide bonds. The van der Waals surface area contributed by atoms with Gasteiger partial charge in [0.15, 0.2) is 0 Å². The predicted octanol–water partition coefficient (Wildman–Crippen LogP) is 4.92. The number of hydrogen-bond acceptors (Lipinski definition) is 4. The molecular weight excluding hydrogens is 366 g/mol. The standard InChI is InChI=1S/C22H23N5S/c1-4-11-27-17(3)19(13-24-27)22-21(18-8-6-5-7-9-18)23-15-26(22)12-10-20-25-16(2)14-28-20/h4-9,13-15H,1,10-12H2,2-3H3. The Morgan fingerprint density at radius 1 is 1.18 bits per heavy atom. The highest BCUT2D eigenvalue weighted by molar-refractivity contribution is 7.09. The van der Waals surface area contributed by atoms with Crippen LogP contribution in [0.3, 0.4) is 0 Å². The highest BCUT2D eigenvalue weighted by Crippen LogP contribution is 2.33. The minimum absolute atomic E-state index is 0.693. The Hall–Kier alpha value is -2.99. The summed E-state index contributed by atoms with van der Waals surface area (Å²) < 4.78 is 4.19. The maximum Gasteiger partial charge on any atom is 0.0964 e. The third kappa shape index (κ3) is 3.55. The number of benzene rings is 1. The van der Waals surface area contributed by atoms with Gasteiger partial charge in [0.25, 0.3) is 0 Å². The zero-order valence-electron chi connectivity index (χ0n) is 16.2. The predicted molar refractivity (Wildman–Crippen MR) is 114 cm³/mol. The van der Waals surface area contributed by atoms with Gasteiger partial charge in [-0.3, -0.25) is 4.68 Å². The van der Waals surface area contributed by atoms with Crippen molar-refractivity contribution in [2.45, 2.75) is 33.4 Å². The van der Waals surface area contributed by atoms with Gasteiger partial charge < -0.3 is 4.57 Å². The van der Waals surface area contributed by atoms with Gasteiger partial charge in [0.1, 0.15) is 0 Å². The average Bonchev–Trinajstić information content (AvgIpc) is 3.40. The third-order valence-corrected chi connectivity index (χ3v) is 5.80. The van der Waals surface area contributed by atoms with E-state index in [1.54, 1.807) is 11.3 Å². The van der Waals surface area contributed by atoms with Crippen LogP contribution in [0.4, 0.5) is 0 Å². The molecule has 3 aromatic heterocycles. The molecule has 6 heteroatoms. The minimum atomic E-state index is 0.693. The van der Waals surface area contributed by atoms with Crippen LogP contribution in [0, 0.1) is 13.8 Å². The Bertz CT molecular complexity index is 1090. The molecule has 0 aliphatic carbocycles. The highest BCUT2D eigenvalue weighted by atomic mass is 32.1. The number of nitrogens with zero attached hydrogens (tertiary/aromatic N) is 5. The van der Waals surface area contributed by atoms with Gasteiger partial charge in [0, 0.05) is 40.9 Å². The van der Waals surface area contributed by atoms with Gasteiger partial charge in [0.05, 0.1) is 35.5 Å². The zero-order valence-corrected chi connectivity index (χ0v) is 17.0. The zero-order chi connectivity index (χ0) is 19.5. The number of rotatable bonds is 7. The van der Waals surface area contributed by atoms with Gasteiger partial charge in [-0.1, -0.05) is 36.4 Å². The SMILES string of the molecule is C=CCn1ncc(-c2c(-c3ccccc3)ncn2CCc2nc(C)cs2)c1C. The Morgan fingerprint density at radius 3 is 2.71 bits per heavy atom. The first kappa shape index (κ1) is 18.4. The van der Waals surface area contributed by atoms with Gasteiger partial charge in [-0.05, 0) is 13.8 Å². The molecule has 3 heterocycles. The van der Waals surface area contributed by atoms with E-state index in [1.165, 1.54) is 0 Å². The van der Waals surface area contributed by atoms with Crippen LogP contribution in [0.1, 0.15) is 16.4 Å². The number of thiazole rings is 1. The van der Waals surface area contributed by atoms with Crippen LogP contribution < -0.4 is 0 Å². The van der Waals surface area contributed by atoms with E-state index in [4.69, 9.17) is 4.98 Å². The fraction of sp³-hybridized carbons (Fsp3) is 0.227. The van der Waals surface area contributed by atoms with E-state index < -0.39 is 0 Å². The molecule has 0 saturated carbocycles. The van der Waals surface area contributed by atoms with E-state index in [0.29, 0.717) is 6.54 Å². The van der Waals surface area contributed by atoms with Gasteiger partial charge in [-0.25, -0.2) is 9.97 Å². The largest absolute Gasteiger partial charge is 0.330 e.